The predicted molar refractivity (Wildman–Crippen MR) is 148 cm³/mol. The van der Waals surface area contributed by atoms with Crippen LogP contribution >= 0.6 is 0 Å². The molecular formula is C30H41N5O3. The number of alkyl carbamates (subject to hydrolysis) is 1. The van der Waals surface area contributed by atoms with Crippen molar-refractivity contribution in [3.8, 4) is 6.07 Å². The summed E-state index contributed by atoms with van der Waals surface area (Å²) in [5.41, 5.74) is 4.09. The minimum atomic E-state index is -0.410. The average Bonchev–Trinajstić information content (AvgIpc) is 3.25. The first-order valence-corrected chi connectivity index (χ1v) is 13.7. The van der Waals surface area contributed by atoms with Gasteiger partial charge in [0.2, 0.25) is 0 Å². The smallest absolute Gasteiger partial charge is 0.407 e. The van der Waals surface area contributed by atoms with Gasteiger partial charge >= 0.3 is 6.09 Å². The van der Waals surface area contributed by atoms with Crippen molar-refractivity contribution in [3.63, 3.8) is 0 Å². The number of allylic oxidation sites excluding steroid dienone is 2. The number of nitrogens with zero attached hydrogens (tertiary/aromatic N) is 3. The van der Waals surface area contributed by atoms with Gasteiger partial charge in [0.1, 0.15) is 12.4 Å². The van der Waals surface area contributed by atoms with Crippen LogP contribution in [0.4, 0.5) is 4.79 Å². The highest BCUT2D eigenvalue weighted by Gasteiger charge is 2.35. The SMILES string of the molecule is COC1=CC(C)CC(C2CC(C)C2)=C1COC(=O)NCCNCC1(C)CN=CN1Cc1ccc(C#N)cc1. The Labute approximate surface area is 226 Å². The third-order valence-electron chi connectivity index (χ3n) is 7.96. The fourth-order valence-electron chi connectivity index (χ4n) is 5.64. The van der Waals surface area contributed by atoms with E-state index < -0.39 is 6.09 Å². The third-order valence-corrected chi connectivity index (χ3v) is 7.96. The number of ether oxygens (including phenoxy) is 2. The Hall–Kier alpha value is -3.31. The van der Waals surface area contributed by atoms with Crippen molar-refractivity contribution in [1.82, 2.24) is 15.5 Å². The minimum absolute atomic E-state index is 0.155. The van der Waals surface area contributed by atoms with Gasteiger partial charge in [0.05, 0.1) is 37.2 Å². The summed E-state index contributed by atoms with van der Waals surface area (Å²) in [6.45, 7) is 10.2. The number of amides is 1. The van der Waals surface area contributed by atoms with E-state index in [1.807, 2.05) is 30.6 Å². The van der Waals surface area contributed by atoms with Gasteiger partial charge in [-0.05, 0) is 67.7 Å². The molecule has 0 bridgehead atoms. The number of benzene rings is 1. The van der Waals surface area contributed by atoms with Crippen molar-refractivity contribution >= 4 is 12.4 Å². The first-order chi connectivity index (χ1) is 18.3. The molecule has 1 aliphatic heterocycles. The summed E-state index contributed by atoms with van der Waals surface area (Å²) >= 11 is 0. The lowest BCUT2D eigenvalue weighted by Crippen LogP contribution is -2.51. The second-order valence-electron chi connectivity index (χ2n) is 11.3. The number of hydrogen-bond donors (Lipinski definition) is 2. The lowest BCUT2D eigenvalue weighted by atomic mass is 9.68. The molecule has 2 atom stereocenters. The van der Waals surface area contributed by atoms with Gasteiger partial charge in [-0.2, -0.15) is 5.26 Å². The van der Waals surface area contributed by atoms with Crippen LogP contribution in [0.3, 0.4) is 0 Å². The summed E-state index contributed by atoms with van der Waals surface area (Å²) in [6.07, 6.45) is 7.05. The van der Waals surface area contributed by atoms with Gasteiger partial charge in [-0.1, -0.05) is 31.6 Å². The molecule has 1 fully saturated rings. The predicted octanol–water partition coefficient (Wildman–Crippen LogP) is 4.39. The second-order valence-corrected chi connectivity index (χ2v) is 11.3. The number of nitrogens with one attached hydrogen (secondary N) is 2. The lowest BCUT2D eigenvalue weighted by Gasteiger charge is -2.38. The number of hydrogen-bond acceptors (Lipinski definition) is 7. The molecule has 1 aromatic carbocycles. The van der Waals surface area contributed by atoms with Crippen molar-refractivity contribution in [2.75, 3.05) is 39.9 Å². The Bertz CT molecular complexity index is 1110. The van der Waals surface area contributed by atoms with Gasteiger partial charge in [-0.25, -0.2) is 4.79 Å². The van der Waals surface area contributed by atoms with Crippen molar-refractivity contribution in [2.24, 2.45) is 22.7 Å². The van der Waals surface area contributed by atoms with E-state index in [0.29, 0.717) is 37.0 Å². The van der Waals surface area contributed by atoms with E-state index in [1.165, 1.54) is 18.4 Å². The lowest BCUT2D eigenvalue weighted by molar-refractivity contribution is 0.150. The molecule has 4 rings (SSSR count). The number of carbonyl (C=O) groups excluding carboxylic acids is 1. The zero-order valence-corrected chi connectivity index (χ0v) is 23.1. The summed E-state index contributed by atoms with van der Waals surface area (Å²) in [4.78, 5) is 19.2. The van der Waals surface area contributed by atoms with E-state index in [2.05, 4.69) is 53.4 Å². The van der Waals surface area contributed by atoms with E-state index in [-0.39, 0.29) is 12.1 Å². The number of aliphatic imine (C=N–C) groups is 1. The summed E-state index contributed by atoms with van der Waals surface area (Å²) in [7, 11) is 1.69. The Kier molecular flexibility index (Phi) is 9.11. The van der Waals surface area contributed by atoms with Gasteiger partial charge in [0.15, 0.2) is 0 Å². The topological polar surface area (TPSA) is 99.0 Å². The van der Waals surface area contributed by atoms with Crippen LogP contribution in [-0.4, -0.2) is 62.8 Å². The largest absolute Gasteiger partial charge is 0.497 e. The van der Waals surface area contributed by atoms with Crippen molar-refractivity contribution in [2.45, 2.75) is 52.1 Å². The highest BCUT2D eigenvalue weighted by Crippen LogP contribution is 2.45. The molecule has 1 saturated carbocycles. The molecule has 1 aromatic rings. The van der Waals surface area contributed by atoms with Crippen LogP contribution in [0.25, 0.3) is 0 Å². The molecule has 0 aromatic heterocycles. The monoisotopic (exact) mass is 519 g/mol. The Morgan fingerprint density at radius 3 is 2.68 bits per heavy atom. The van der Waals surface area contributed by atoms with Gasteiger partial charge in [0.25, 0.3) is 0 Å². The molecule has 2 unspecified atom stereocenters. The maximum absolute atomic E-state index is 12.4. The van der Waals surface area contributed by atoms with E-state index in [4.69, 9.17) is 14.7 Å². The first-order valence-electron chi connectivity index (χ1n) is 13.7. The number of rotatable bonds is 11. The Balaban J connectivity index is 1.20. The van der Waals surface area contributed by atoms with Gasteiger partial charge < -0.3 is 25.0 Å². The van der Waals surface area contributed by atoms with E-state index >= 15 is 0 Å². The second kappa shape index (κ2) is 12.5. The molecule has 1 heterocycles. The van der Waals surface area contributed by atoms with E-state index in [0.717, 1.165) is 42.3 Å². The number of nitriles is 1. The highest BCUT2D eigenvalue weighted by molar-refractivity contribution is 5.67. The molecule has 8 heteroatoms. The molecule has 38 heavy (non-hydrogen) atoms. The molecule has 3 aliphatic rings. The fraction of sp³-hybridized carbons (Fsp3) is 0.567. The van der Waals surface area contributed by atoms with Gasteiger partial charge in [-0.15, -0.1) is 0 Å². The van der Waals surface area contributed by atoms with E-state index in [9.17, 15) is 4.79 Å². The zero-order valence-electron chi connectivity index (χ0n) is 23.1. The maximum atomic E-state index is 12.4. The van der Waals surface area contributed by atoms with Crippen LogP contribution in [0.5, 0.6) is 0 Å². The quantitative estimate of drug-likeness (QED) is 0.421. The van der Waals surface area contributed by atoms with Crippen LogP contribution < -0.4 is 10.6 Å². The van der Waals surface area contributed by atoms with Crippen molar-refractivity contribution in [1.29, 1.82) is 5.26 Å². The highest BCUT2D eigenvalue weighted by atomic mass is 16.5. The number of methoxy groups -OCH3 is 1. The average molecular weight is 520 g/mol. The number of carbonyl (C=O) groups is 1. The molecule has 8 nitrogen and oxygen atoms in total. The van der Waals surface area contributed by atoms with Crippen molar-refractivity contribution in [3.05, 3.63) is 58.4 Å². The molecule has 2 aliphatic carbocycles. The Morgan fingerprint density at radius 1 is 1.24 bits per heavy atom. The van der Waals surface area contributed by atoms with Crippen LogP contribution in [0.1, 0.15) is 51.2 Å². The van der Waals surface area contributed by atoms with Crippen LogP contribution in [0, 0.1) is 29.1 Å². The van der Waals surface area contributed by atoms with Crippen LogP contribution in [0.2, 0.25) is 0 Å². The fourth-order valence-corrected chi connectivity index (χ4v) is 5.64. The normalized spacial score (nSPS) is 26.4. The van der Waals surface area contributed by atoms with E-state index in [1.54, 1.807) is 7.11 Å². The standard InChI is InChI=1S/C30H41N5O3/c1-21-11-25(12-21)26-13-22(2)14-28(37-4)27(26)17-38-29(36)34-10-9-32-18-30(3)19-33-20-35(30)16-24-7-5-23(15-31)6-8-24/h5-8,14,20-22,25,32H,9-13,16-19H2,1-4H3,(H,34,36). The van der Waals surface area contributed by atoms with Gasteiger partial charge in [-0.3, -0.25) is 4.99 Å². The molecular weight excluding hydrogens is 478 g/mol. The maximum Gasteiger partial charge on any atom is 0.407 e. The summed E-state index contributed by atoms with van der Waals surface area (Å²) in [5, 5.41) is 15.3. The van der Waals surface area contributed by atoms with Gasteiger partial charge in [0, 0.05) is 31.8 Å². The molecule has 0 radical (unpaired) electrons. The molecule has 204 valence electrons. The Morgan fingerprint density at radius 2 is 2.00 bits per heavy atom. The van der Waals surface area contributed by atoms with Crippen molar-refractivity contribution < 1.29 is 14.3 Å². The molecule has 0 spiro atoms. The summed E-state index contributed by atoms with van der Waals surface area (Å²) in [5.74, 6) is 2.63. The van der Waals surface area contributed by atoms with Crippen LogP contribution in [-0.2, 0) is 16.0 Å². The first kappa shape index (κ1) is 27.7. The van der Waals surface area contributed by atoms with Crippen LogP contribution in [0.15, 0.2) is 52.2 Å². The molecule has 0 saturated heterocycles. The summed E-state index contributed by atoms with van der Waals surface area (Å²) in [6, 6.07) is 9.81. The minimum Gasteiger partial charge on any atom is -0.497 e. The molecule has 1 amide bonds. The summed E-state index contributed by atoms with van der Waals surface area (Å²) < 4.78 is 11.3. The molecule has 2 N–H and O–H groups in total. The third kappa shape index (κ3) is 6.76. The zero-order chi connectivity index (χ0) is 27.1.